The fraction of sp³-hybridized carbons (Fsp3) is 0.500. The van der Waals surface area contributed by atoms with Gasteiger partial charge in [0, 0.05) is 18.8 Å². The van der Waals surface area contributed by atoms with Crippen molar-refractivity contribution in [3.05, 3.63) is 23.9 Å². The minimum Gasteiger partial charge on any atom is -0.376 e. The Balaban J connectivity index is 2.02. The number of pyridine rings is 1. The molecule has 5 nitrogen and oxygen atoms in total. The van der Waals surface area contributed by atoms with Gasteiger partial charge in [0.05, 0.1) is 23.8 Å². The molecule has 1 aromatic rings. The van der Waals surface area contributed by atoms with Crippen LogP contribution >= 0.6 is 0 Å². The Morgan fingerprint density at radius 3 is 3.18 bits per heavy atom. The Hall–Kier alpha value is -1.64. The molecule has 3 unspecified atom stereocenters. The number of hydrogen-bond donors (Lipinski definition) is 2. The van der Waals surface area contributed by atoms with Crippen molar-refractivity contribution in [1.82, 2.24) is 4.98 Å². The van der Waals surface area contributed by atoms with Crippen LogP contribution in [0.2, 0.25) is 0 Å². The zero-order chi connectivity index (χ0) is 12.3. The predicted octanol–water partition coefficient (Wildman–Crippen LogP) is 0.870. The van der Waals surface area contributed by atoms with Crippen LogP contribution in [0.25, 0.3) is 0 Å². The van der Waals surface area contributed by atoms with Crippen LogP contribution < -0.4 is 11.1 Å². The molecule has 3 atom stereocenters. The number of nitriles is 1. The van der Waals surface area contributed by atoms with Crippen LogP contribution in [-0.4, -0.2) is 29.8 Å². The van der Waals surface area contributed by atoms with E-state index in [1.54, 1.807) is 18.3 Å². The van der Waals surface area contributed by atoms with Crippen molar-refractivity contribution in [1.29, 1.82) is 5.26 Å². The summed E-state index contributed by atoms with van der Waals surface area (Å²) in [6.45, 7) is 2.65. The molecule has 0 spiro atoms. The molecule has 1 aliphatic carbocycles. The first-order valence-corrected chi connectivity index (χ1v) is 5.74. The van der Waals surface area contributed by atoms with Crippen LogP contribution in [0, 0.1) is 11.3 Å². The first-order chi connectivity index (χ1) is 8.24. The molecule has 1 aliphatic rings. The molecule has 1 heterocycles. The van der Waals surface area contributed by atoms with E-state index < -0.39 is 0 Å². The van der Waals surface area contributed by atoms with E-state index in [4.69, 9.17) is 15.7 Å². The summed E-state index contributed by atoms with van der Waals surface area (Å²) in [4.78, 5) is 4.16. The summed E-state index contributed by atoms with van der Waals surface area (Å²) >= 11 is 0. The van der Waals surface area contributed by atoms with Crippen LogP contribution in [0.1, 0.15) is 18.9 Å². The van der Waals surface area contributed by atoms with Crippen molar-refractivity contribution in [2.24, 2.45) is 5.73 Å². The van der Waals surface area contributed by atoms with E-state index in [0.717, 1.165) is 6.42 Å². The van der Waals surface area contributed by atoms with E-state index in [2.05, 4.69) is 16.4 Å². The monoisotopic (exact) mass is 232 g/mol. The molecule has 1 aromatic heterocycles. The van der Waals surface area contributed by atoms with Crippen LogP contribution in [0.4, 0.5) is 5.82 Å². The van der Waals surface area contributed by atoms with Gasteiger partial charge < -0.3 is 15.8 Å². The predicted molar refractivity (Wildman–Crippen MR) is 64.4 cm³/mol. The molecule has 0 aromatic carbocycles. The lowest BCUT2D eigenvalue weighted by Crippen LogP contribution is -2.60. The van der Waals surface area contributed by atoms with Crippen LogP contribution in [0.15, 0.2) is 18.3 Å². The highest BCUT2D eigenvalue weighted by molar-refractivity contribution is 5.44. The normalized spacial score (nSPS) is 27.0. The molecule has 0 saturated heterocycles. The minimum atomic E-state index is 0.0800. The largest absolute Gasteiger partial charge is 0.376 e. The van der Waals surface area contributed by atoms with Gasteiger partial charge in [-0.05, 0) is 25.5 Å². The summed E-state index contributed by atoms with van der Waals surface area (Å²) in [6, 6.07) is 5.63. The van der Waals surface area contributed by atoms with Gasteiger partial charge >= 0.3 is 0 Å². The topological polar surface area (TPSA) is 84.0 Å². The van der Waals surface area contributed by atoms with Gasteiger partial charge in [-0.3, -0.25) is 0 Å². The molecule has 2 rings (SSSR count). The Morgan fingerprint density at radius 2 is 2.53 bits per heavy atom. The third-order valence-corrected chi connectivity index (χ3v) is 2.95. The lowest BCUT2D eigenvalue weighted by molar-refractivity contribution is -0.0127. The zero-order valence-electron chi connectivity index (χ0n) is 9.76. The summed E-state index contributed by atoms with van der Waals surface area (Å²) < 4.78 is 5.55. The lowest BCUT2D eigenvalue weighted by atomic mass is 9.83. The maximum absolute atomic E-state index is 8.80. The van der Waals surface area contributed by atoms with Gasteiger partial charge in [0.1, 0.15) is 5.82 Å². The molecule has 0 bridgehead atoms. The van der Waals surface area contributed by atoms with Crippen molar-refractivity contribution in [3.63, 3.8) is 0 Å². The van der Waals surface area contributed by atoms with Gasteiger partial charge in [0.15, 0.2) is 0 Å². The maximum atomic E-state index is 8.80. The first kappa shape index (κ1) is 11.8. The Labute approximate surface area is 101 Å². The Morgan fingerprint density at radius 1 is 1.71 bits per heavy atom. The van der Waals surface area contributed by atoms with Crippen molar-refractivity contribution in [2.45, 2.75) is 31.5 Å². The number of ether oxygens (including phenoxy) is 1. The quantitative estimate of drug-likeness (QED) is 0.804. The van der Waals surface area contributed by atoms with Gasteiger partial charge in [0.25, 0.3) is 0 Å². The standard InChI is InChI=1S/C12H16N4O/c1-2-17-10-6-9(14)12(10)16-11-5-8(7-13)3-4-15-11/h3-5,9-10,12H,2,6,14H2,1H3,(H,15,16). The number of hydrogen-bond acceptors (Lipinski definition) is 5. The molecule has 0 amide bonds. The fourth-order valence-corrected chi connectivity index (χ4v) is 1.98. The van der Waals surface area contributed by atoms with E-state index in [0.29, 0.717) is 18.0 Å². The second-order valence-electron chi connectivity index (χ2n) is 4.11. The number of nitrogens with zero attached hydrogens (tertiary/aromatic N) is 2. The van der Waals surface area contributed by atoms with Gasteiger partial charge in [-0.15, -0.1) is 0 Å². The van der Waals surface area contributed by atoms with Crippen molar-refractivity contribution in [2.75, 3.05) is 11.9 Å². The third-order valence-electron chi connectivity index (χ3n) is 2.95. The smallest absolute Gasteiger partial charge is 0.127 e. The average Bonchev–Trinajstić information content (AvgIpc) is 2.36. The highest BCUT2D eigenvalue weighted by atomic mass is 16.5. The summed E-state index contributed by atoms with van der Waals surface area (Å²) in [6.07, 6.45) is 2.62. The highest BCUT2D eigenvalue weighted by Crippen LogP contribution is 2.25. The van der Waals surface area contributed by atoms with E-state index >= 15 is 0 Å². The maximum Gasteiger partial charge on any atom is 0.127 e. The molecule has 1 fully saturated rings. The summed E-state index contributed by atoms with van der Waals surface area (Å²) in [7, 11) is 0. The van der Waals surface area contributed by atoms with Gasteiger partial charge in [0.2, 0.25) is 0 Å². The van der Waals surface area contributed by atoms with E-state index in [-0.39, 0.29) is 18.2 Å². The molecule has 5 heteroatoms. The van der Waals surface area contributed by atoms with Gasteiger partial charge in [-0.25, -0.2) is 4.98 Å². The van der Waals surface area contributed by atoms with Crippen LogP contribution in [-0.2, 0) is 4.74 Å². The van der Waals surface area contributed by atoms with Crippen molar-refractivity contribution in [3.8, 4) is 6.07 Å². The second kappa shape index (κ2) is 5.13. The molecular formula is C12H16N4O. The van der Waals surface area contributed by atoms with E-state index in [9.17, 15) is 0 Å². The first-order valence-electron chi connectivity index (χ1n) is 5.74. The summed E-state index contributed by atoms with van der Waals surface area (Å²) in [5.41, 5.74) is 6.51. The fourth-order valence-electron chi connectivity index (χ4n) is 1.98. The van der Waals surface area contributed by atoms with Crippen LogP contribution in [0.3, 0.4) is 0 Å². The number of nitrogens with two attached hydrogens (primary N) is 1. The van der Waals surface area contributed by atoms with Crippen molar-refractivity contribution >= 4 is 5.82 Å². The molecular weight excluding hydrogens is 216 g/mol. The molecule has 3 N–H and O–H groups in total. The highest BCUT2D eigenvalue weighted by Gasteiger charge is 2.39. The number of nitrogens with one attached hydrogen (secondary N) is 1. The lowest BCUT2D eigenvalue weighted by Gasteiger charge is -2.42. The van der Waals surface area contributed by atoms with Crippen LogP contribution in [0.5, 0.6) is 0 Å². The zero-order valence-corrected chi connectivity index (χ0v) is 9.76. The molecule has 0 aliphatic heterocycles. The van der Waals surface area contributed by atoms with E-state index in [1.807, 2.05) is 6.92 Å². The summed E-state index contributed by atoms with van der Waals surface area (Å²) in [5, 5.41) is 12.0. The van der Waals surface area contributed by atoms with Crippen molar-refractivity contribution < 1.29 is 4.74 Å². The van der Waals surface area contributed by atoms with Gasteiger partial charge in [-0.1, -0.05) is 0 Å². The van der Waals surface area contributed by atoms with Gasteiger partial charge in [-0.2, -0.15) is 5.26 Å². The van der Waals surface area contributed by atoms with E-state index in [1.165, 1.54) is 0 Å². The number of aromatic nitrogens is 1. The SMILES string of the molecule is CCOC1CC(N)C1Nc1cc(C#N)ccn1. The number of rotatable bonds is 4. The third kappa shape index (κ3) is 2.54. The molecule has 90 valence electrons. The number of anilines is 1. The molecule has 0 radical (unpaired) electrons. The molecule has 1 saturated carbocycles. The average molecular weight is 232 g/mol. The second-order valence-corrected chi connectivity index (χ2v) is 4.11. The minimum absolute atomic E-state index is 0.0800. The Bertz CT molecular complexity index is 427. The summed E-state index contributed by atoms with van der Waals surface area (Å²) in [5.74, 6) is 0.675. The molecule has 17 heavy (non-hydrogen) atoms. The Kier molecular flexibility index (Phi) is 3.57.